The molecule has 0 fully saturated rings. The van der Waals surface area contributed by atoms with Gasteiger partial charge in [-0.05, 0) is 19.4 Å². The summed E-state index contributed by atoms with van der Waals surface area (Å²) < 4.78 is 26.7. The fourth-order valence-electron chi connectivity index (χ4n) is 1.93. The third-order valence-corrected chi connectivity index (χ3v) is 5.03. The number of hydrogen-bond donors (Lipinski definition) is 2. The van der Waals surface area contributed by atoms with Gasteiger partial charge in [0.1, 0.15) is 10.7 Å². The maximum absolute atomic E-state index is 12.6. The predicted octanol–water partition coefficient (Wildman–Crippen LogP) is 1.59. The zero-order valence-electron chi connectivity index (χ0n) is 11.4. The Bertz CT molecular complexity index is 665. The fraction of sp³-hybridized carbons (Fsp3) is 0.308. The summed E-state index contributed by atoms with van der Waals surface area (Å²) in [5, 5.41) is 6.14. The lowest BCUT2D eigenvalue weighted by atomic mass is 10.2. The lowest BCUT2D eigenvalue weighted by Crippen LogP contribution is -2.36. The standard InChI is InChI=1S/C13H18N4O2S/c1-10(2)17(9-11-6-4-3-5-7-11)20(18,19)12-8-15-16-13(12)14/h3-8,10H,9H2,1-2H3,(H3,14,15,16). The van der Waals surface area contributed by atoms with Gasteiger partial charge in [0.25, 0.3) is 0 Å². The van der Waals surface area contributed by atoms with Gasteiger partial charge < -0.3 is 5.73 Å². The minimum atomic E-state index is -3.67. The summed E-state index contributed by atoms with van der Waals surface area (Å²) in [6.45, 7) is 3.96. The number of nitrogens with zero attached hydrogens (tertiary/aromatic N) is 2. The molecule has 108 valence electrons. The van der Waals surface area contributed by atoms with Crippen LogP contribution in [-0.4, -0.2) is 29.0 Å². The van der Waals surface area contributed by atoms with E-state index in [4.69, 9.17) is 5.73 Å². The highest BCUT2D eigenvalue weighted by Gasteiger charge is 2.30. The van der Waals surface area contributed by atoms with Gasteiger partial charge in [-0.3, -0.25) is 5.10 Å². The number of anilines is 1. The van der Waals surface area contributed by atoms with Crippen LogP contribution in [0.3, 0.4) is 0 Å². The maximum atomic E-state index is 12.6. The highest BCUT2D eigenvalue weighted by molar-refractivity contribution is 7.89. The van der Waals surface area contributed by atoms with Crippen LogP contribution in [0.4, 0.5) is 5.82 Å². The first-order valence-corrected chi connectivity index (χ1v) is 7.71. The molecule has 0 aliphatic rings. The van der Waals surface area contributed by atoms with Crippen LogP contribution in [0.1, 0.15) is 19.4 Å². The average Bonchev–Trinajstić information content (AvgIpc) is 2.83. The van der Waals surface area contributed by atoms with Crippen LogP contribution in [0.2, 0.25) is 0 Å². The first-order valence-electron chi connectivity index (χ1n) is 6.27. The van der Waals surface area contributed by atoms with Crippen molar-refractivity contribution < 1.29 is 8.42 Å². The lowest BCUT2D eigenvalue weighted by Gasteiger charge is -2.25. The van der Waals surface area contributed by atoms with E-state index >= 15 is 0 Å². The Morgan fingerprint density at radius 3 is 2.45 bits per heavy atom. The zero-order valence-corrected chi connectivity index (χ0v) is 12.3. The van der Waals surface area contributed by atoms with E-state index < -0.39 is 10.0 Å². The molecule has 0 amide bonds. The molecule has 0 radical (unpaired) electrons. The van der Waals surface area contributed by atoms with Crippen LogP contribution in [0.15, 0.2) is 41.4 Å². The minimum absolute atomic E-state index is 0.0159. The molecule has 0 unspecified atom stereocenters. The van der Waals surface area contributed by atoms with Crippen molar-refractivity contribution in [1.29, 1.82) is 0 Å². The van der Waals surface area contributed by atoms with Crippen LogP contribution < -0.4 is 5.73 Å². The Kier molecular flexibility index (Phi) is 4.10. The molecule has 20 heavy (non-hydrogen) atoms. The molecule has 2 rings (SSSR count). The molecule has 2 aromatic rings. The molecule has 6 nitrogen and oxygen atoms in total. The highest BCUT2D eigenvalue weighted by Crippen LogP contribution is 2.23. The molecule has 1 heterocycles. The molecule has 0 atom stereocenters. The molecule has 1 aromatic heterocycles. The third-order valence-electron chi connectivity index (χ3n) is 2.98. The summed E-state index contributed by atoms with van der Waals surface area (Å²) in [5.74, 6) is 0.0590. The van der Waals surface area contributed by atoms with E-state index in [0.29, 0.717) is 6.54 Å². The predicted molar refractivity (Wildman–Crippen MR) is 77.3 cm³/mol. The molecule has 1 aromatic carbocycles. The molecular weight excluding hydrogens is 276 g/mol. The molecule has 0 spiro atoms. The first kappa shape index (κ1) is 14.5. The second-order valence-electron chi connectivity index (χ2n) is 4.78. The Morgan fingerprint density at radius 1 is 1.30 bits per heavy atom. The summed E-state index contributed by atoms with van der Waals surface area (Å²) >= 11 is 0. The third kappa shape index (κ3) is 2.83. The zero-order chi connectivity index (χ0) is 14.8. The summed E-state index contributed by atoms with van der Waals surface area (Å²) in [7, 11) is -3.67. The van der Waals surface area contributed by atoms with Gasteiger partial charge in [0.2, 0.25) is 10.0 Å². The Labute approximate surface area is 118 Å². The van der Waals surface area contributed by atoms with Crippen LogP contribution in [-0.2, 0) is 16.6 Å². The van der Waals surface area contributed by atoms with Crippen LogP contribution in [0, 0.1) is 0 Å². The van der Waals surface area contributed by atoms with Crippen molar-refractivity contribution in [2.45, 2.75) is 31.3 Å². The maximum Gasteiger partial charge on any atom is 0.248 e. The largest absolute Gasteiger partial charge is 0.383 e. The highest BCUT2D eigenvalue weighted by atomic mass is 32.2. The van der Waals surface area contributed by atoms with Crippen molar-refractivity contribution in [3.05, 3.63) is 42.1 Å². The molecular formula is C13H18N4O2S. The van der Waals surface area contributed by atoms with Crippen molar-refractivity contribution in [2.75, 3.05) is 5.73 Å². The lowest BCUT2D eigenvalue weighted by molar-refractivity contribution is 0.348. The number of nitrogens with one attached hydrogen (secondary N) is 1. The van der Waals surface area contributed by atoms with E-state index in [9.17, 15) is 8.42 Å². The summed E-state index contributed by atoms with van der Waals surface area (Å²) in [4.78, 5) is 0.0159. The van der Waals surface area contributed by atoms with Gasteiger partial charge in [0.05, 0.1) is 6.20 Å². The van der Waals surface area contributed by atoms with Crippen molar-refractivity contribution in [3.8, 4) is 0 Å². The van der Waals surface area contributed by atoms with Crippen LogP contribution in [0.5, 0.6) is 0 Å². The number of rotatable bonds is 5. The van der Waals surface area contributed by atoms with E-state index in [1.165, 1.54) is 10.5 Å². The number of aromatic nitrogens is 2. The number of H-pyrrole nitrogens is 1. The summed E-state index contributed by atoms with van der Waals surface area (Å²) in [6.07, 6.45) is 1.24. The minimum Gasteiger partial charge on any atom is -0.383 e. The summed E-state index contributed by atoms with van der Waals surface area (Å²) in [6, 6.07) is 9.26. The molecule has 0 aliphatic carbocycles. The Hall–Kier alpha value is -1.86. The quantitative estimate of drug-likeness (QED) is 0.876. The van der Waals surface area contributed by atoms with Gasteiger partial charge in [0.15, 0.2) is 0 Å². The number of hydrogen-bond acceptors (Lipinski definition) is 4. The number of nitrogen functional groups attached to an aromatic ring is 1. The fourth-order valence-corrected chi connectivity index (χ4v) is 3.56. The van der Waals surface area contributed by atoms with Crippen LogP contribution >= 0.6 is 0 Å². The monoisotopic (exact) mass is 294 g/mol. The van der Waals surface area contributed by atoms with E-state index in [1.807, 2.05) is 44.2 Å². The number of benzene rings is 1. The van der Waals surface area contributed by atoms with Gasteiger partial charge in [-0.2, -0.15) is 9.40 Å². The number of nitrogens with two attached hydrogens (primary N) is 1. The van der Waals surface area contributed by atoms with E-state index in [0.717, 1.165) is 5.56 Å². The van der Waals surface area contributed by atoms with Crippen LogP contribution in [0.25, 0.3) is 0 Å². The molecule has 0 saturated carbocycles. The molecule has 3 N–H and O–H groups in total. The van der Waals surface area contributed by atoms with Gasteiger partial charge in [-0.25, -0.2) is 8.42 Å². The van der Waals surface area contributed by atoms with Crippen molar-refractivity contribution >= 4 is 15.8 Å². The molecule has 7 heteroatoms. The second kappa shape index (κ2) is 5.64. The van der Waals surface area contributed by atoms with Gasteiger partial charge in [-0.15, -0.1) is 0 Å². The van der Waals surface area contributed by atoms with Gasteiger partial charge in [-0.1, -0.05) is 30.3 Å². The molecule has 0 bridgehead atoms. The van der Waals surface area contributed by atoms with Gasteiger partial charge in [0, 0.05) is 12.6 Å². The number of sulfonamides is 1. The van der Waals surface area contributed by atoms with E-state index in [1.54, 1.807) is 0 Å². The smallest absolute Gasteiger partial charge is 0.248 e. The Morgan fingerprint density at radius 2 is 1.95 bits per heavy atom. The Balaban J connectivity index is 2.37. The average molecular weight is 294 g/mol. The SMILES string of the molecule is CC(C)N(Cc1ccccc1)S(=O)(=O)c1cn[nH]c1N. The van der Waals surface area contributed by atoms with E-state index in [2.05, 4.69) is 10.2 Å². The second-order valence-corrected chi connectivity index (χ2v) is 6.64. The molecule has 0 aliphatic heterocycles. The number of aromatic amines is 1. The topological polar surface area (TPSA) is 92.1 Å². The normalized spacial score (nSPS) is 12.2. The van der Waals surface area contributed by atoms with Crippen molar-refractivity contribution in [3.63, 3.8) is 0 Å². The van der Waals surface area contributed by atoms with Gasteiger partial charge >= 0.3 is 0 Å². The summed E-state index contributed by atoms with van der Waals surface area (Å²) in [5.41, 5.74) is 6.56. The van der Waals surface area contributed by atoms with E-state index in [-0.39, 0.29) is 16.8 Å². The van der Waals surface area contributed by atoms with Crippen molar-refractivity contribution in [2.24, 2.45) is 0 Å². The molecule has 0 saturated heterocycles. The first-order chi connectivity index (χ1) is 9.43. The van der Waals surface area contributed by atoms with Crippen molar-refractivity contribution in [1.82, 2.24) is 14.5 Å².